The number of aliphatic hydroxyl groups excluding tert-OH is 1. The maximum atomic E-state index is 10.6. The first kappa shape index (κ1) is 14.9. The van der Waals surface area contributed by atoms with Crippen LogP contribution in [0.1, 0.15) is 19.8 Å². The van der Waals surface area contributed by atoms with E-state index in [4.69, 9.17) is 10.2 Å². The molecule has 0 saturated heterocycles. The van der Waals surface area contributed by atoms with Crippen LogP contribution < -0.4 is 5.32 Å². The molecule has 0 rings (SSSR count). The van der Waals surface area contributed by atoms with Crippen molar-refractivity contribution in [1.29, 1.82) is 0 Å². The summed E-state index contributed by atoms with van der Waals surface area (Å²) in [5, 5.41) is 19.9. The summed E-state index contributed by atoms with van der Waals surface area (Å²) in [6, 6.07) is 0. The van der Waals surface area contributed by atoms with Gasteiger partial charge in [-0.1, -0.05) is 0 Å². The fraction of sp³-hybridized carbons (Fsp3) is 0.800. The third-order valence-corrected chi connectivity index (χ3v) is 2.08. The van der Waals surface area contributed by atoms with Crippen LogP contribution in [0.3, 0.4) is 0 Å². The van der Waals surface area contributed by atoms with Crippen molar-refractivity contribution >= 4 is 11.9 Å². The molecule has 0 aliphatic heterocycles. The lowest BCUT2D eigenvalue weighted by Gasteiger charge is -2.20. The van der Waals surface area contributed by atoms with Gasteiger partial charge in [0.25, 0.3) is 0 Å². The van der Waals surface area contributed by atoms with E-state index in [-0.39, 0.29) is 18.9 Å². The summed E-state index contributed by atoms with van der Waals surface area (Å²) >= 11 is 0. The molecule has 0 fully saturated rings. The topological polar surface area (TPSA) is 89.9 Å². The second-order valence-corrected chi connectivity index (χ2v) is 3.55. The van der Waals surface area contributed by atoms with E-state index >= 15 is 0 Å². The zero-order valence-electron chi connectivity index (χ0n) is 9.61. The summed E-state index contributed by atoms with van der Waals surface area (Å²) in [4.78, 5) is 23.0. The number of hydrogen-bond acceptors (Lipinski definition) is 4. The number of carbonyl (C=O) groups is 2. The lowest BCUT2D eigenvalue weighted by molar-refractivity contribution is -0.137. The van der Waals surface area contributed by atoms with E-state index < -0.39 is 5.97 Å². The highest BCUT2D eigenvalue weighted by Crippen LogP contribution is 1.93. The van der Waals surface area contributed by atoms with Crippen LogP contribution in [0.15, 0.2) is 0 Å². The zero-order chi connectivity index (χ0) is 12.4. The number of aliphatic carboxylic acids is 1. The average Bonchev–Trinajstić information content (AvgIpc) is 2.20. The number of hydrogen-bond donors (Lipinski definition) is 3. The van der Waals surface area contributed by atoms with E-state index in [0.29, 0.717) is 32.6 Å². The SMILES string of the molecule is CC(=O)NCCN(CCCO)CCC(=O)O. The number of carboxylic acids is 1. The lowest BCUT2D eigenvalue weighted by atomic mass is 10.3. The van der Waals surface area contributed by atoms with E-state index in [0.717, 1.165) is 0 Å². The second kappa shape index (κ2) is 9.11. The first-order chi connectivity index (χ1) is 7.56. The molecule has 94 valence electrons. The van der Waals surface area contributed by atoms with Crippen LogP contribution in [-0.2, 0) is 9.59 Å². The van der Waals surface area contributed by atoms with Crippen LogP contribution in [0, 0.1) is 0 Å². The number of amides is 1. The molecule has 0 aliphatic carbocycles. The molecule has 0 spiro atoms. The van der Waals surface area contributed by atoms with Gasteiger partial charge in [-0.3, -0.25) is 9.59 Å². The lowest BCUT2D eigenvalue weighted by Crippen LogP contribution is -2.36. The average molecular weight is 232 g/mol. The van der Waals surface area contributed by atoms with E-state index in [1.165, 1.54) is 6.92 Å². The molecule has 3 N–H and O–H groups in total. The molecule has 0 atom stereocenters. The molecule has 6 nitrogen and oxygen atoms in total. The molecular weight excluding hydrogens is 212 g/mol. The second-order valence-electron chi connectivity index (χ2n) is 3.55. The molecule has 1 amide bonds. The Labute approximate surface area is 95.2 Å². The highest BCUT2D eigenvalue weighted by molar-refractivity contribution is 5.72. The Morgan fingerprint density at radius 1 is 1.25 bits per heavy atom. The molecule has 0 aliphatic rings. The Balaban J connectivity index is 3.79. The molecule has 0 bridgehead atoms. The summed E-state index contributed by atoms with van der Waals surface area (Å²) in [6.45, 7) is 3.71. The maximum absolute atomic E-state index is 10.6. The van der Waals surface area contributed by atoms with Gasteiger partial charge >= 0.3 is 5.97 Å². The van der Waals surface area contributed by atoms with Crippen LogP contribution >= 0.6 is 0 Å². The quantitative estimate of drug-likeness (QED) is 0.488. The fourth-order valence-corrected chi connectivity index (χ4v) is 1.27. The Bertz CT molecular complexity index is 221. The minimum absolute atomic E-state index is 0.0749. The molecule has 0 unspecified atom stereocenters. The van der Waals surface area contributed by atoms with Gasteiger partial charge in [-0.05, 0) is 6.42 Å². The van der Waals surface area contributed by atoms with Crippen molar-refractivity contribution in [2.45, 2.75) is 19.8 Å². The van der Waals surface area contributed by atoms with Crippen molar-refractivity contribution in [3.63, 3.8) is 0 Å². The summed E-state index contributed by atoms with van der Waals surface area (Å²) in [7, 11) is 0. The first-order valence-electron chi connectivity index (χ1n) is 5.35. The Morgan fingerprint density at radius 2 is 1.94 bits per heavy atom. The van der Waals surface area contributed by atoms with Gasteiger partial charge in [-0.15, -0.1) is 0 Å². The first-order valence-corrected chi connectivity index (χ1v) is 5.35. The van der Waals surface area contributed by atoms with Crippen molar-refractivity contribution in [2.75, 3.05) is 32.8 Å². The Morgan fingerprint density at radius 3 is 2.44 bits per heavy atom. The maximum Gasteiger partial charge on any atom is 0.304 e. The molecule has 0 radical (unpaired) electrons. The minimum atomic E-state index is -0.839. The van der Waals surface area contributed by atoms with Crippen molar-refractivity contribution in [2.24, 2.45) is 0 Å². The predicted molar refractivity (Wildman–Crippen MR) is 59.1 cm³/mol. The molecule has 0 heterocycles. The van der Waals surface area contributed by atoms with Crippen LogP contribution in [0.25, 0.3) is 0 Å². The fourth-order valence-electron chi connectivity index (χ4n) is 1.27. The summed E-state index contributed by atoms with van der Waals surface area (Å²) < 4.78 is 0. The van der Waals surface area contributed by atoms with Gasteiger partial charge in [0, 0.05) is 39.7 Å². The van der Waals surface area contributed by atoms with Crippen LogP contribution in [0.5, 0.6) is 0 Å². The third-order valence-electron chi connectivity index (χ3n) is 2.08. The van der Waals surface area contributed by atoms with E-state index in [1.807, 2.05) is 4.90 Å². The number of nitrogens with one attached hydrogen (secondary N) is 1. The third kappa shape index (κ3) is 9.42. The summed E-state index contributed by atoms with van der Waals surface area (Å²) in [6.07, 6.45) is 0.686. The van der Waals surface area contributed by atoms with Gasteiger partial charge in [0.15, 0.2) is 0 Å². The molecule has 0 aromatic carbocycles. The molecule has 6 heteroatoms. The van der Waals surface area contributed by atoms with Crippen molar-refractivity contribution in [3.8, 4) is 0 Å². The summed E-state index contributed by atoms with van der Waals surface area (Å²) in [5.74, 6) is -0.936. The monoisotopic (exact) mass is 232 g/mol. The number of nitrogens with zero attached hydrogens (tertiary/aromatic N) is 1. The molecule has 0 saturated carbocycles. The number of carboxylic acid groups (broad SMARTS) is 1. The van der Waals surface area contributed by atoms with Crippen molar-refractivity contribution in [1.82, 2.24) is 10.2 Å². The van der Waals surface area contributed by atoms with Gasteiger partial charge in [-0.2, -0.15) is 0 Å². The normalized spacial score (nSPS) is 10.4. The molecule has 16 heavy (non-hydrogen) atoms. The van der Waals surface area contributed by atoms with Gasteiger partial charge in [0.2, 0.25) is 5.91 Å². The number of rotatable bonds is 9. The van der Waals surface area contributed by atoms with Crippen LogP contribution in [-0.4, -0.2) is 59.8 Å². The Hall–Kier alpha value is -1.14. The smallest absolute Gasteiger partial charge is 0.304 e. The van der Waals surface area contributed by atoms with Crippen molar-refractivity contribution in [3.05, 3.63) is 0 Å². The van der Waals surface area contributed by atoms with Gasteiger partial charge < -0.3 is 20.4 Å². The van der Waals surface area contributed by atoms with E-state index in [2.05, 4.69) is 5.32 Å². The van der Waals surface area contributed by atoms with Crippen LogP contribution in [0.4, 0.5) is 0 Å². The van der Waals surface area contributed by atoms with Crippen LogP contribution in [0.2, 0.25) is 0 Å². The highest BCUT2D eigenvalue weighted by atomic mass is 16.4. The molecule has 0 aromatic rings. The van der Waals surface area contributed by atoms with Gasteiger partial charge in [0.05, 0.1) is 6.42 Å². The standard InChI is InChI=1S/C10H20N2O4/c1-9(14)11-4-7-12(5-2-8-13)6-3-10(15)16/h13H,2-8H2,1H3,(H,11,14)(H,15,16). The predicted octanol–water partition coefficient (Wildman–Crippen LogP) is -0.718. The van der Waals surface area contributed by atoms with Gasteiger partial charge in [0.1, 0.15) is 0 Å². The van der Waals surface area contributed by atoms with Crippen molar-refractivity contribution < 1.29 is 19.8 Å². The minimum Gasteiger partial charge on any atom is -0.481 e. The Kier molecular flexibility index (Phi) is 8.46. The number of aliphatic hydroxyl groups is 1. The largest absolute Gasteiger partial charge is 0.481 e. The van der Waals surface area contributed by atoms with E-state index in [9.17, 15) is 9.59 Å². The van der Waals surface area contributed by atoms with E-state index in [1.54, 1.807) is 0 Å². The molecular formula is C10H20N2O4. The summed E-state index contributed by atoms with van der Waals surface area (Å²) in [5.41, 5.74) is 0. The highest BCUT2D eigenvalue weighted by Gasteiger charge is 2.07. The zero-order valence-corrected chi connectivity index (χ0v) is 9.61. The van der Waals surface area contributed by atoms with Gasteiger partial charge in [-0.25, -0.2) is 0 Å². The molecule has 0 aromatic heterocycles. The number of carbonyl (C=O) groups excluding carboxylic acids is 1.